The molecule has 1 amide bonds. The van der Waals surface area contributed by atoms with E-state index >= 15 is 0 Å². The molecule has 1 aliphatic rings. The number of nitrogens with zero attached hydrogens (tertiary/aromatic N) is 5. The first kappa shape index (κ1) is 20.4. The van der Waals surface area contributed by atoms with E-state index in [0.717, 1.165) is 53.0 Å². The Hall–Kier alpha value is -2.87. The smallest absolute Gasteiger partial charge is 0.257 e. The molecule has 156 valence electrons. The Morgan fingerprint density at radius 1 is 1.13 bits per heavy atom. The molecule has 1 aliphatic heterocycles. The number of hydrogen-bond acceptors (Lipinski definition) is 7. The summed E-state index contributed by atoms with van der Waals surface area (Å²) < 4.78 is 0. The summed E-state index contributed by atoms with van der Waals surface area (Å²) >= 11 is 1.59. The molecule has 7 nitrogen and oxygen atoms in total. The summed E-state index contributed by atoms with van der Waals surface area (Å²) in [6, 6.07) is 4.11. The van der Waals surface area contributed by atoms with Crippen LogP contribution < -0.4 is 5.32 Å². The fraction of sp³-hybridized carbons (Fsp3) is 0.409. The van der Waals surface area contributed by atoms with Crippen LogP contribution >= 0.6 is 11.3 Å². The van der Waals surface area contributed by atoms with E-state index in [1.54, 1.807) is 17.5 Å². The molecule has 4 rings (SSSR count). The highest BCUT2D eigenvalue weighted by Crippen LogP contribution is 2.30. The van der Waals surface area contributed by atoms with Crippen LogP contribution in [0.5, 0.6) is 0 Å². The van der Waals surface area contributed by atoms with Crippen molar-refractivity contribution in [2.45, 2.75) is 46.5 Å². The molecule has 0 radical (unpaired) electrons. The standard InChI is InChI=1S/C22H26N6OS/c1-13-8-18(27-22-25-14(2)12-30-22)9-20(24-13)17-6-5-7-28(11-17)21(29)19-10-23-16(4)26-15(19)3/h8-10,12,17H,5-7,11H2,1-4H3,(H,24,25,27)/t17-/m0/s1. The largest absolute Gasteiger partial charge is 0.338 e. The van der Waals surface area contributed by atoms with Gasteiger partial charge in [0.15, 0.2) is 5.13 Å². The van der Waals surface area contributed by atoms with Crippen LogP contribution in [-0.2, 0) is 0 Å². The Bertz CT molecular complexity index is 1080. The van der Waals surface area contributed by atoms with Gasteiger partial charge in [-0.1, -0.05) is 0 Å². The predicted molar refractivity (Wildman–Crippen MR) is 118 cm³/mol. The van der Waals surface area contributed by atoms with Gasteiger partial charge in [0.25, 0.3) is 5.91 Å². The molecule has 0 unspecified atom stereocenters. The Kier molecular flexibility index (Phi) is 5.76. The molecule has 0 aromatic carbocycles. The number of amides is 1. The van der Waals surface area contributed by atoms with E-state index in [2.05, 4.69) is 26.3 Å². The van der Waals surface area contributed by atoms with E-state index in [1.807, 2.05) is 44.0 Å². The minimum absolute atomic E-state index is 0.00135. The summed E-state index contributed by atoms with van der Waals surface area (Å²) in [7, 11) is 0. The third-order valence-corrected chi connectivity index (χ3v) is 6.18. The van der Waals surface area contributed by atoms with E-state index in [1.165, 1.54) is 0 Å². The lowest BCUT2D eigenvalue weighted by Crippen LogP contribution is -2.39. The highest BCUT2D eigenvalue weighted by molar-refractivity contribution is 7.13. The van der Waals surface area contributed by atoms with Crippen molar-refractivity contribution in [2.24, 2.45) is 0 Å². The fourth-order valence-electron chi connectivity index (χ4n) is 3.88. The number of piperidine rings is 1. The van der Waals surface area contributed by atoms with Crippen LogP contribution in [-0.4, -0.2) is 43.8 Å². The van der Waals surface area contributed by atoms with Crippen molar-refractivity contribution in [3.8, 4) is 0 Å². The minimum Gasteiger partial charge on any atom is -0.338 e. The molecule has 0 spiro atoms. The monoisotopic (exact) mass is 422 g/mol. The highest BCUT2D eigenvalue weighted by Gasteiger charge is 2.28. The van der Waals surface area contributed by atoms with Crippen molar-refractivity contribution in [3.05, 3.63) is 57.9 Å². The van der Waals surface area contributed by atoms with Crippen LogP contribution in [0.3, 0.4) is 0 Å². The predicted octanol–water partition coefficient (Wildman–Crippen LogP) is 4.33. The van der Waals surface area contributed by atoms with Crippen molar-refractivity contribution in [3.63, 3.8) is 0 Å². The molecule has 1 saturated heterocycles. The molecule has 3 aromatic rings. The number of anilines is 2. The molecule has 0 bridgehead atoms. The molecule has 3 aromatic heterocycles. The molecule has 0 aliphatic carbocycles. The van der Waals surface area contributed by atoms with E-state index in [9.17, 15) is 4.79 Å². The lowest BCUT2D eigenvalue weighted by Gasteiger charge is -2.33. The summed E-state index contributed by atoms with van der Waals surface area (Å²) in [6.07, 6.45) is 3.61. The molecule has 8 heteroatoms. The molecular weight excluding hydrogens is 396 g/mol. The molecule has 4 heterocycles. The Balaban J connectivity index is 1.53. The van der Waals surface area contributed by atoms with Crippen molar-refractivity contribution in [1.82, 2.24) is 24.8 Å². The number of carbonyl (C=O) groups is 1. The second kappa shape index (κ2) is 8.47. The molecule has 1 fully saturated rings. The van der Waals surface area contributed by atoms with Gasteiger partial charge in [0.05, 0.1) is 17.0 Å². The average molecular weight is 423 g/mol. The zero-order chi connectivity index (χ0) is 21.3. The van der Waals surface area contributed by atoms with Crippen LogP contribution in [0, 0.1) is 27.7 Å². The van der Waals surface area contributed by atoms with Gasteiger partial charge in [0.2, 0.25) is 0 Å². The summed E-state index contributed by atoms with van der Waals surface area (Å²) in [5.74, 6) is 0.884. The van der Waals surface area contributed by atoms with E-state index in [0.29, 0.717) is 17.9 Å². The quantitative estimate of drug-likeness (QED) is 0.674. The summed E-state index contributed by atoms with van der Waals surface area (Å²) in [6.45, 7) is 9.08. The Morgan fingerprint density at radius 3 is 2.70 bits per heavy atom. The maximum Gasteiger partial charge on any atom is 0.257 e. The van der Waals surface area contributed by atoms with Crippen LogP contribution in [0.25, 0.3) is 0 Å². The van der Waals surface area contributed by atoms with Crippen LogP contribution in [0.4, 0.5) is 10.8 Å². The number of aromatic nitrogens is 4. The van der Waals surface area contributed by atoms with Crippen molar-refractivity contribution < 1.29 is 4.79 Å². The zero-order valence-electron chi connectivity index (χ0n) is 17.8. The van der Waals surface area contributed by atoms with Crippen molar-refractivity contribution >= 4 is 28.1 Å². The van der Waals surface area contributed by atoms with Crippen LogP contribution in [0.2, 0.25) is 0 Å². The number of pyridine rings is 1. The van der Waals surface area contributed by atoms with Crippen molar-refractivity contribution in [1.29, 1.82) is 0 Å². The Morgan fingerprint density at radius 2 is 1.97 bits per heavy atom. The highest BCUT2D eigenvalue weighted by atomic mass is 32.1. The average Bonchev–Trinajstić information content (AvgIpc) is 3.12. The van der Waals surface area contributed by atoms with Gasteiger partial charge in [-0.25, -0.2) is 15.0 Å². The summed E-state index contributed by atoms with van der Waals surface area (Å²) in [5.41, 5.74) is 5.27. The zero-order valence-corrected chi connectivity index (χ0v) is 18.6. The van der Waals surface area contributed by atoms with Gasteiger partial charge in [0.1, 0.15) is 5.82 Å². The van der Waals surface area contributed by atoms with E-state index in [-0.39, 0.29) is 11.8 Å². The second-order valence-corrected chi connectivity index (χ2v) is 8.71. The molecule has 1 N–H and O–H groups in total. The van der Waals surface area contributed by atoms with Gasteiger partial charge < -0.3 is 10.2 Å². The van der Waals surface area contributed by atoms with Gasteiger partial charge >= 0.3 is 0 Å². The van der Waals surface area contributed by atoms with Gasteiger partial charge in [-0.15, -0.1) is 11.3 Å². The number of rotatable bonds is 4. The van der Waals surface area contributed by atoms with E-state index < -0.39 is 0 Å². The normalized spacial score (nSPS) is 16.5. The van der Waals surface area contributed by atoms with Crippen LogP contribution in [0.1, 0.15) is 57.7 Å². The number of likely N-dealkylation sites (tertiary alicyclic amines) is 1. The maximum atomic E-state index is 13.1. The maximum absolute atomic E-state index is 13.1. The number of nitrogens with one attached hydrogen (secondary N) is 1. The third-order valence-electron chi connectivity index (χ3n) is 5.30. The first-order valence-corrected chi connectivity index (χ1v) is 11.0. The first-order valence-electron chi connectivity index (χ1n) is 10.2. The topological polar surface area (TPSA) is 83.9 Å². The number of hydrogen-bond donors (Lipinski definition) is 1. The number of aryl methyl sites for hydroxylation is 4. The Labute approximate surface area is 180 Å². The second-order valence-electron chi connectivity index (χ2n) is 7.85. The van der Waals surface area contributed by atoms with Gasteiger partial charge in [-0.2, -0.15) is 0 Å². The first-order chi connectivity index (χ1) is 14.4. The summed E-state index contributed by atoms with van der Waals surface area (Å²) in [4.78, 5) is 32.8. The summed E-state index contributed by atoms with van der Waals surface area (Å²) in [5, 5.41) is 6.29. The lowest BCUT2D eigenvalue weighted by atomic mass is 9.93. The number of carbonyl (C=O) groups excluding carboxylic acids is 1. The third kappa shape index (κ3) is 4.48. The lowest BCUT2D eigenvalue weighted by molar-refractivity contribution is 0.0704. The van der Waals surface area contributed by atoms with Gasteiger partial charge in [0, 0.05) is 47.7 Å². The van der Waals surface area contributed by atoms with Crippen LogP contribution in [0.15, 0.2) is 23.7 Å². The van der Waals surface area contributed by atoms with Gasteiger partial charge in [-0.3, -0.25) is 9.78 Å². The van der Waals surface area contributed by atoms with Gasteiger partial charge in [-0.05, 0) is 52.7 Å². The van der Waals surface area contributed by atoms with Crippen molar-refractivity contribution in [2.75, 3.05) is 18.4 Å². The fourth-order valence-corrected chi connectivity index (χ4v) is 4.59. The molecule has 30 heavy (non-hydrogen) atoms. The molecule has 0 saturated carbocycles. The molecule has 1 atom stereocenters. The minimum atomic E-state index is 0.00135. The SMILES string of the molecule is Cc1cc(Nc2nc(C)cs2)cc([C@H]2CCCN(C(=O)c3cnc(C)nc3C)C2)n1. The van der Waals surface area contributed by atoms with E-state index in [4.69, 9.17) is 4.98 Å². The number of thiazole rings is 1. The molecular formula is C22H26N6OS.